The molecule has 2 fully saturated rings. The van der Waals surface area contributed by atoms with E-state index in [4.69, 9.17) is 9.15 Å². The summed E-state index contributed by atoms with van der Waals surface area (Å²) in [6, 6.07) is 0. The maximum absolute atomic E-state index is 12.5. The van der Waals surface area contributed by atoms with Crippen LogP contribution in [0.25, 0.3) is 0 Å². The van der Waals surface area contributed by atoms with Crippen LogP contribution >= 0.6 is 0 Å². The van der Waals surface area contributed by atoms with E-state index in [1.54, 1.807) is 0 Å². The van der Waals surface area contributed by atoms with Gasteiger partial charge in [-0.3, -0.25) is 9.69 Å². The summed E-state index contributed by atoms with van der Waals surface area (Å²) in [7, 11) is 0. The van der Waals surface area contributed by atoms with Crippen molar-refractivity contribution in [2.45, 2.75) is 58.1 Å². The lowest BCUT2D eigenvalue weighted by Gasteiger charge is -2.23. The van der Waals surface area contributed by atoms with Gasteiger partial charge in [0.2, 0.25) is 5.89 Å². The van der Waals surface area contributed by atoms with Gasteiger partial charge >= 0.3 is 0 Å². The Hall–Kier alpha value is -1.40. The van der Waals surface area contributed by atoms with Crippen LogP contribution in [-0.4, -0.2) is 59.6 Å². The molecule has 2 aliphatic rings. The van der Waals surface area contributed by atoms with E-state index < -0.39 is 0 Å². The van der Waals surface area contributed by atoms with Crippen LogP contribution < -0.4 is 0 Å². The summed E-state index contributed by atoms with van der Waals surface area (Å²) in [5, 5.41) is 0. The quantitative estimate of drug-likeness (QED) is 0.847. The molecule has 134 valence electrons. The van der Waals surface area contributed by atoms with Crippen LogP contribution in [0.1, 0.15) is 51.7 Å². The SMILES string of the molecule is CC(C)(C)c1cnc(CN2CCCN(C(=O)C3CCCO3)CC2)o1. The number of carbonyl (C=O) groups excluding carboxylic acids is 1. The van der Waals surface area contributed by atoms with Crippen LogP contribution in [0.4, 0.5) is 0 Å². The van der Waals surface area contributed by atoms with Crippen molar-refractivity contribution in [2.24, 2.45) is 0 Å². The third-order valence-electron chi connectivity index (χ3n) is 4.76. The Balaban J connectivity index is 1.53. The third kappa shape index (κ3) is 4.16. The maximum atomic E-state index is 12.5. The van der Waals surface area contributed by atoms with Crippen molar-refractivity contribution in [1.82, 2.24) is 14.8 Å². The van der Waals surface area contributed by atoms with Gasteiger partial charge < -0.3 is 14.1 Å². The Kier molecular flexibility index (Phi) is 5.25. The second kappa shape index (κ2) is 7.23. The first-order valence-electron chi connectivity index (χ1n) is 9.01. The molecule has 3 rings (SSSR count). The lowest BCUT2D eigenvalue weighted by Crippen LogP contribution is -2.41. The molecule has 0 N–H and O–H groups in total. The molecule has 0 spiro atoms. The van der Waals surface area contributed by atoms with Gasteiger partial charge in [0.1, 0.15) is 11.9 Å². The Morgan fingerprint density at radius 2 is 2.08 bits per heavy atom. The molecule has 1 amide bonds. The monoisotopic (exact) mass is 335 g/mol. The summed E-state index contributed by atoms with van der Waals surface area (Å²) >= 11 is 0. The normalized spacial score (nSPS) is 23.5. The highest BCUT2D eigenvalue weighted by molar-refractivity contribution is 5.81. The van der Waals surface area contributed by atoms with Crippen LogP contribution in [0.2, 0.25) is 0 Å². The second-order valence-corrected chi connectivity index (χ2v) is 7.82. The Bertz CT molecular complexity index is 558. The molecule has 0 aliphatic carbocycles. The fraction of sp³-hybridized carbons (Fsp3) is 0.778. The van der Waals surface area contributed by atoms with Gasteiger partial charge in [0.25, 0.3) is 5.91 Å². The number of aromatic nitrogens is 1. The van der Waals surface area contributed by atoms with Crippen LogP contribution in [-0.2, 0) is 21.5 Å². The number of hydrogen-bond acceptors (Lipinski definition) is 5. The zero-order chi connectivity index (χ0) is 17.2. The predicted octanol–water partition coefficient (Wildman–Crippen LogP) is 2.19. The molecule has 6 heteroatoms. The Labute approximate surface area is 144 Å². The van der Waals surface area contributed by atoms with Crippen LogP contribution in [0, 0.1) is 0 Å². The number of hydrogen-bond donors (Lipinski definition) is 0. The minimum atomic E-state index is -0.211. The Morgan fingerprint density at radius 1 is 1.25 bits per heavy atom. The Morgan fingerprint density at radius 3 is 2.75 bits per heavy atom. The summed E-state index contributed by atoms with van der Waals surface area (Å²) in [4.78, 5) is 21.2. The molecule has 1 atom stereocenters. The van der Waals surface area contributed by atoms with E-state index in [-0.39, 0.29) is 17.4 Å². The first-order chi connectivity index (χ1) is 11.4. The molecule has 6 nitrogen and oxygen atoms in total. The van der Waals surface area contributed by atoms with Crippen molar-refractivity contribution in [2.75, 3.05) is 32.8 Å². The summed E-state index contributed by atoms with van der Waals surface area (Å²) in [6.07, 6.45) is 4.46. The van der Waals surface area contributed by atoms with E-state index in [0.29, 0.717) is 6.54 Å². The van der Waals surface area contributed by atoms with Gasteiger partial charge in [0.15, 0.2) is 0 Å². The zero-order valence-corrected chi connectivity index (χ0v) is 15.1. The molecule has 2 aliphatic heterocycles. The van der Waals surface area contributed by atoms with Gasteiger partial charge in [-0.2, -0.15) is 0 Å². The molecular formula is C18H29N3O3. The molecule has 1 aromatic heterocycles. The second-order valence-electron chi connectivity index (χ2n) is 7.82. The van der Waals surface area contributed by atoms with Crippen LogP contribution in [0.3, 0.4) is 0 Å². The number of nitrogens with zero attached hydrogens (tertiary/aromatic N) is 3. The molecule has 24 heavy (non-hydrogen) atoms. The molecule has 1 aromatic rings. The number of ether oxygens (including phenoxy) is 1. The van der Waals surface area contributed by atoms with Crippen LogP contribution in [0.15, 0.2) is 10.6 Å². The summed E-state index contributed by atoms with van der Waals surface area (Å²) < 4.78 is 11.4. The smallest absolute Gasteiger partial charge is 0.251 e. The zero-order valence-electron chi connectivity index (χ0n) is 15.1. The predicted molar refractivity (Wildman–Crippen MR) is 90.7 cm³/mol. The van der Waals surface area contributed by atoms with Crippen molar-refractivity contribution in [3.05, 3.63) is 17.8 Å². The molecule has 3 heterocycles. The maximum Gasteiger partial charge on any atom is 0.251 e. The molecule has 0 radical (unpaired) electrons. The fourth-order valence-corrected chi connectivity index (χ4v) is 3.25. The number of carbonyl (C=O) groups is 1. The van der Waals surface area contributed by atoms with Crippen molar-refractivity contribution >= 4 is 5.91 Å². The highest BCUT2D eigenvalue weighted by Gasteiger charge is 2.29. The minimum absolute atomic E-state index is 0.0193. The molecule has 1 unspecified atom stereocenters. The van der Waals surface area contributed by atoms with E-state index in [1.165, 1.54) is 0 Å². The van der Waals surface area contributed by atoms with Gasteiger partial charge in [0, 0.05) is 38.2 Å². The summed E-state index contributed by atoms with van der Waals surface area (Å²) in [6.45, 7) is 11.2. The van der Waals surface area contributed by atoms with Gasteiger partial charge in [-0.05, 0) is 19.3 Å². The molecule has 0 saturated carbocycles. The van der Waals surface area contributed by atoms with Gasteiger partial charge in [-0.25, -0.2) is 4.98 Å². The van der Waals surface area contributed by atoms with E-state index in [2.05, 4.69) is 30.7 Å². The first-order valence-corrected chi connectivity index (χ1v) is 9.01. The average molecular weight is 335 g/mol. The number of rotatable bonds is 3. The highest BCUT2D eigenvalue weighted by atomic mass is 16.5. The van der Waals surface area contributed by atoms with Gasteiger partial charge in [-0.15, -0.1) is 0 Å². The van der Waals surface area contributed by atoms with Gasteiger partial charge in [-0.1, -0.05) is 20.8 Å². The third-order valence-corrected chi connectivity index (χ3v) is 4.76. The molecule has 0 bridgehead atoms. The lowest BCUT2D eigenvalue weighted by atomic mass is 9.94. The highest BCUT2D eigenvalue weighted by Crippen LogP contribution is 2.23. The molecule has 0 aromatic carbocycles. The van der Waals surface area contributed by atoms with Crippen molar-refractivity contribution < 1.29 is 13.9 Å². The van der Waals surface area contributed by atoms with E-state index in [0.717, 1.165) is 63.7 Å². The first kappa shape index (κ1) is 17.4. The fourth-order valence-electron chi connectivity index (χ4n) is 3.25. The summed E-state index contributed by atoms with van der Waals surface area (Å²) in [5.74, 6) is 1.85. The molecular weight excluding hydrogens is 306 g/mol. The number of oxazole rings is 1. The van der Waals surface area contributed by atoms with E-state index in [9.17, 15) is 4.79 Å². The van der Waals surface area contributed by atoms with Crippen molar-refractivity contribution in [3.63, 3.8) is 0 Å². The number of amides is 1. The van der Waals surface area contributed by atoms with Crippen LogP contribution in [0.5, 0.6) is 0 Å². The summed E-state index contributed by atoms with van der Waals surface area (Å²) in [5.41, 5.74) is -0.0193. The van der Waals surface area contributed by atoms with Gasteiger partial charge in [0.05, 0.1) is 12.7 Å². The van der Waals surface area contributed by atoms with Crippen molar-refractivity contribution in [3.8, 4) is 0 Å². The average Bonchev–Trinajstić information content (AvgIpc) is 3.15. The van der Waals surface area contributed by atoms with E-state index >= 15 is 0 Å². The topological polar surface area (TPSA) is 58.8 Å². The molecule has 2 saturated heterocycles. The van der Waals surface area contributed by atoms with E-state index in [1.807, 2.05) is 11.1 Å². The lowest BCUT2D eigenvalue weighted by molar-refractivity contribution is -0.140. The standard InChI is InChI=1S/C18H29N3O3/c1-18(2,3)15-12-19-16(24-15)13-20-7-5-8-21(10-9-20)17(22)14-6-4-11-23-14/h12,14H,4-11,13H2,1-3H3. The van der Waals surface area contributed by atoms with Crippen molar-refractivity contribution in [1.29, 1.82) is 0 Å². The largest absolute Gasteiger partial charge is 0.444 e. The minimum Gasteiger partial charge on any atom is -0.444 e.